The first-order valence-corrected chi connectivity index (χ1v) is 7.82. The minimum absolute atomic E-state index is 0.0171. The van der Waals surface area contributed by atoms with E-state index in [9.17, 15) is 13.2 Å². The van der Waals surface area contributed by atoms with Gasteiger partial charge in [0.2, 0.25) is 0 Å². The molecule has 0 radical (unpaired) electrons. The summed E-state index contributed by atoms with van der Waals surface area (Å²) in [5.74, 6) is -0.0222. The number of amides is 1. The van der Waals surface area contributed by atoms with E-state index in [2.05, 4.69) is 10.6 Å². The molecular weight excluding hydrogens is 256 g/mol. The van der Waals surface area contributed by atoms with Gasteiger partial charge in [-0.1, -0.05) is 0 Å². The second kappa shape index (κ2) is 4.38. The van der Waals surface area contributed by atoms with Crippen molar-refractivity contribution in [2.75, 3.05) is 18.8 Å². The van der Waals surface area contributed by atoms with Crippen LogP contribution >= 0.6 is 0 Å². The van der Waals surface area contributed by atoms with Gasteiger partial charge in [0, 0.05) is 19.0 Å². The summed E-state index contributed by atoms with van der Waals surface area (Å²) in [5.41, 5.74) is -0.575. The van der Waals surface area contributed by atoms with Crippen LogP contribution in [0.1, 0.15) is 20.8 Å². The van der Waals surface area contributed by atoms with Gasteiger partial charge < -0.3 is 15.4 Å². The Bertz CT molecular complexity index is 440. The number of hydrogen-bond acceptors (Lipinski definition) is 5. The molecule has 2 heterocycles. The Balaban J connectivity index is 2.01. The lowest BCUT2D eigenvalue weighted by atomic mass is 10.0. The summed E-state index contributed by atoms with van der Waals surface area (Å²) in [4.78, 5) is 11.7. The molecular formula is C11H20N2O4S. The monoisotopic (exact) mass is 276 g/mol. The van der Waals surface area contributed by atoms with Gasteiger partial charge in [0.05, 0.1) is 17.0 Å². The summed E-state index contributed by atoms with van der Waals surface area (Å²) in [6.45, 7) is 6.44. The van der Waals surface area contributed by atoms with Gasteiger partial charge in [-0.15, -0.1) is 0 Å². The highest BCUT2D eigenvalue weighted by Crippen LogP contribution is 2.30. The molecule has 2 N–H and O–H groups in total. The number of alkyl carbamates (subject to hydrolysis) is 1. The molecule has 0 spiro atoms. The Morgan fingerprint density at radius 1 is 1.33 bits per heavy atom. The number of carbonyl (C=O) groups excluding carboxylic acids is 1. The first kappa shape index (κ1) is 13.6. The molecule has 2 fully saturated rings. The molecule has 0 unspecified atom stereocenters. The second-order valence-corrected chi connectivity index (χ2v) is 8.21. The standard InChI is InChI=1S/C11H20N2O4S/c1-11(2,3)17-10(14)13-8-6-18(15,16)9-5-12-4-7(8)9/h7-9,12H,4-6H2,1-3H3,(H,13,14)/t7-,8+,9+/m0/s1. The molecule has 1 amide bonds. The zero-order valence-electron chi connectivity index (χ0n) is 10.9. The molecule has 3 atom stereocenters. The van der Waals surface area contributed by atoms with Crippen molar-refractivity contribution >= 4 is 15.9 Å². The molecule has 2 saturated heterocycles. The summed E-state index contributed by atoms with van der Waals surface area (Å²) < 4.78 is 28.9. The average molecular weight is 276 g/mol. The van der Waals surface area contributed by atoms with E-state index in [4.69, 9.17) is 4.74 Å². The van der Waals surface area contributed by atoms with E-state index in [1.165, 1.54) is 0 Å². The zero-order chi connectivity index (χ0) is 13.6. The van der Waals surface area contributed by atoms with Crippen LogP contribution in [0.5, 0.6) is 0 Å². The minimum Gasteiger partial charge on any atom is -0.444 e. The van der Waals surface area contributed by atoms with Crippen molar-refractivity contribution in [2.24, 2.45) is 5.92 Å². The van der Waals surface area contributed by atoms with Gasteiger partial charge in [0.15, 0.2) is 9.84 Å². The predicted molar refractivity (Wildman–Crippen MR) is 67.1 cm³/mol. The fourth-order valence-electron chi connectivity index (χ4n) is 2.57. The van der Waals surface area contributed by atoms with E-state index < -0.39 is 21.5 Å². The van der Waals surface area contributed by atoms with Crippen molar-refractivity contribution in [3.8, 4) is 0 Å². The lowest BCUT2D eigenvalue weighted by Gasteiger charge is -2.23. The van der Waals surface area contributed by atoms with Crippen LogP contribution < -0.4 is 10.6 Å². The Morgan fingerprint density at radius 2 is 2.00 bits per heavy atom. The van der Waals surface area contributed by atoms with Gasteiger partial charge in [-0.25, -0.2) is 13.2 Å². The fraction of sp³-hybridized carbons (Fsp3) is 0.909. The van der Waals surface area contributed by atoms with Gasteiger partial charge in [-0.2, -0.15) is 0 Å². The molecule has 6 nitrogen and oxygen atoms in total. The summed E-state index contributed by atoms with van der Waals surface area (Å²) in [7, 11) is -3.10. The molecule has 0 aromatic heterocycles. The van der Waals surface area contributed by atoms with Gasteiger partial charge >= 0.3 is 6.09 Å². The SMILES string of the molecule is CC(C)(C)OC(=O)N[C@@H]1CS(=O)(=O)[C@@H]2CNC[C@H]21. The largest absolute Gasteiger partial charge is 0.444 e. The Morgan fingerprint density at radius 3 is 2.61 bits per heavy atom. The molecule has 0 aromatic rings. The van der Waals surface area contributed by atoms with Crippen LogP contribution in [-0.2, 0) is 14.6 Å². The Kier molecular flexibility index (Phi) is 3.31. The fourth-order valence-corrected chi connectivity index (χ4v) is 4.84. The van der Waals surface area contributed by atoms with Crippen LogP contribution in [0.25, 0.3) is 0 Å². The first-order valence-electron chi connectivity index (χ1n) is 6.11. The lowest BCUT2D eigenvalue weighted by molar-refractivity contribution is 0.0499. The zero-order valence-corrected chi connectivity index (χ0v) is 11.7. The number of fused-ring (bicyclic) bond motifs is 1. The van der Waals surface area contributed by atoms with E-state index in [0.717, 1.165) is 0 Å². The summed E-state index contributed by atoms with van der Waals surface area (Å²) in [6, 6.07) is -0.343. The van der Waals surface area contributed by atoms with Gasteiger partial charge in [0.25, 0.3) is 0 Å². The van der Waals surface area contributed by atoms with Crippen molar-refractivity contribution in [3.63, 3.8) is 0 Å². The van der Waals surface area contributed by atoms with E-state index >= 15 is 0 Å². The number of nitrogens with one attached hydrogen (secondary N) is 2. The second-order valence-electron chi connectivity index (χ2n) is 5.94. The van der Waals surface area contributed by atoms with Gasteiger partial charge in [-0.3, -0.25) is 0 Å². The van der Waals surface area contributed by atoms with E-state index in [-0.39, 0.29) is 23.0 Å². The third-order valence-electron chi connectivity index (χ3n) is 3.30. The Labute approximate surface area is 107 Å². The highest BCUT2D eigenvalue weighted by atomic mass is 32.2. The molecule has 7 heteroatoms. The predicted octanol–water partition coefficient (Wildman–Crippen LogP) is -0.104. The lowest BCUT2D eigenvalue weighted by Crippen LogP contribution is -2.44. The number of ether oxygens (including phenoxy) is 1. The summed E-state index contributed by atoms with van der Waals surface area (Å²) in [5, 5.41) is 5.38. The normalized spacial score (nSPS) is 34.1. The quantitative estimate of drug-likeness (QED) is 0.698. The van der Waals surface area contributed by atoms with Crippen LogP contribution in [-0.4, -0.2) is 50.2 Å². The maximum Gasteiger partial charge on any atom is 0.407 e. The molecule has 0 saturated carbocycles. The van der Waals surface area contributed by atoms with E-state index in [1.807, 2.05) is 0 Å². The Hall–Kier alpha value is -0.820. The highest BCUT2D eigenvalue weighted by molar-refractivity contribution is 7.92. The van der Waals surface area contributed by atoms with Crippen LogP contribution in [0.15, 0.2) is 0 Å². The van der Waals surface area contributed by atoms with Crippen LogP contribution in [0, 0.1) is 5.92 Å². The third-order valence-corrected chi connectivity index (χ3v) is 5.56. The van der Waals surface area contributed by atoms with E-state index in [1.54, 1.807) is 20.8 Å². The smallest absolute Gasteiger partial charge is 0.407 e. The summed E-state index contributed by atoms with van der Waals surface area (Å²) >= 11 is 0. The van der Waals surface area contributed by atoms with Crippen LogP contribution in [0.2, 0.25) is 0 Å². The topological polar surface area (TPSA) is 84.5 Å². The molecule has 18 heavy (non-hydrogen) atoms. The molecule has 2 aliphatic rings. The van der Waals surface area contributed by atoms with Gasteiger partial charge in [-0.05, 0) is 20.8 Å². The van der Waals surface area contributed by atoms with Crippen molar-refractivity contribution in [1.82, 2.24) is 10.6 Å². The van der Waals surface area contributed by atoms with Crippen LogP contribution in [0.4, 0.5) is 4.79 Å². The van der Waals surface area contributed by atoms with Crippen molar-refractivity contribution in [1.29, 1.82) is 0 Å². The summed E-state index contributed by atoms with van der Waals surface area (Å²) in [6.07, 6.45) is -0.546. The minimum atomic E-state index is -3.10. The van der Waals surface area contributed by atoms with Crippen molar-refractivity contribution in [2.45, 2.75) is 37.7 Å². The highest BCUT2D eigenvalue weighted by Gasteiger charge is 2.50. The van der Waals surface area contributed by atoms with E-state index in [0.29, 0.717) is 13.1 Å². The average Bonchev–Trinajstić information content (AvgIpc) is 2.67. The molecule has 2 aliphatic heterocycles. The first-order chi connectivity index (χ1) is 8.19. The van der Waals surface area contributed by atoms with Crippen LogP contribution in [0.3, 0.4) is 0 Å². The van der Waals surface area contributed by atoms with Gasteiger partial charge in [0.1, 0.15) is 5.60 Å². The molecule has 0 bridgehead atoms. The number of hydrogen-bond donors (Lipinski definition) is 2. The number of rotatable bonds is 1. The molecule has 104 valence electrons. The maximum atomic E-state index is 11.9. The molecule has 0 aromatic carbocycles. The number of sulfone groups is 1. The maximum absolute atomic E-state index is 11.9. The number of carbonyl (C=O) groups is 1. The van der Waals surface area contributed by atoms with Crippen molar-refractivity contribution < 1.29 is 17.9 Å². The molecule has 0 aliphatic carbocycles. The van der Waals surface area contributed by atoms with Crippen molar-refractivity contribution in [3.05, 3.63) is 0 Å². The molecule has 2 rings (SSSR count). The third kappa shape index (κ3) is 2.77.